The van der Waals surface area contributed by atoms with Gasteiger partial charge in [0.05, 0.1) is 12.2 Å². The summed E-state index contributed by atoms with van der Waals surface area (Å²) in [5.74, 6) is -4.12. The van der Waals surface area contributed by atoms with Gasteiger partial charge in [-0.25, -0.2) is 13.2 Å². The zero-order valence-corrected chi connectivity index (χ0v) is 21.8. The SMILES string of the molecule is CC(C)(C)OC[C@@H]1C(=O)NCCN1C(=O)C[C@H](N)Cc1cc(F)c(F)cc1F.CN(C)C(=N)N=C(N)N. The number of nitrogens with two attached hydrogens (primary N) is 3. The fourth-order valence-electron chi connectivity index (χ4n) is 3.15. The second kappa shape index (κ2) is 13.8. The molecule has 1 aromatic carbocycles. The Morgan fingerprint density at radius 3 is 2.35 bits per heavy atom. The number of carbonyl (C=O) groups is 2. The van der Waals surface area contributed by atoms with E-state index in [0.717, 1.165) is 6.07 Å². The van der Waals surface area contributed by atoms with E-state index >= 15 is 0 Å². The molecule has 0 saturated carbocycles. The van der Waals surface area contributed by atoms with Crippen molar-refractivity contribution in [3.63, 3.8) is 0 Å². The van der Waals surface area contributed by atoms with Gasteiger partial charge in [-0.1, -0.05) is 0 Å². The number of nitrogens with zero attached hydrogens (tertiary/aromatic N) is 3. The highest BCUT2D eigenvalue weighted by molar-refractivity contribution is 5.91. The lowest BCUT2D eigenvalue weighted by molar-refractivity contribution is -0.148. The Morgan fingerprint density at radius 2 is 1.84 bits per heavy atom. The van der Waals surface area contributed by atoms with Crippen molar-refractivity contribution < 1.29 is 27.5 Å². The van der Waals surface area contributed by atoms with Gasteiger partial charge in [0.2, 0.25) is 17.8 Å². The van der Waals surface area contributed by atoms with Crippen LogP contribution in [0.2, 0.25) is 0 Å². The third kappa shape index (κ3) is 11.0. The molecule has 2 rings (SSSR count). The first-order chi connectivity index (χ1) is 17.0. The first-order valence-corrected chi connectivity index (χ1v) is 11.5. The number of piperazine rings is 1. The van der Waals surface area contributed by atoms with Crippen LogP contribution in [0.1, 0.15) is 32.8 Å². The van der Waals surface area contributed by atoms with Crippen molar-refractivity contribution in [2.24, 2.45) is 22.2 Å². The number of amides is 2. The highest BCUT2D eigenvalue weighted by atomic mass is 19.2. The van der Waals surface area contributed by atoms with E-state index in [1.165, 1.54) is 9.80 Å². The standard InChI is InChI=1S/C19H26F3N3O3.C4H11N5/c1-19(2,3)28-10-16-18(27)24-4-5-25(16)17(26)8-12(23)6-11-7-14(21)15(22)9-13(11)20;1-9(2)4(7)8-3(5)6/h7,9,12,16H,4-6,8,10,23H2,1-3H3,(H,24,27);1-2H3,(H5,5,6,7,8)/t12-,16-;/m1./s1. The minimum Gasteiger partial charge on any atom is -0.373 e. The second-order valence-electron chi connectivity index (χ2n) is 9.60. The monoisotopic (exact) mass is 530 g/mol. The quantitative estimate of drug-likeness (QED) is 0.199. The van der Waals surface area contributed by atoms with Gasteiger partial charge < -0.3 is 37.1 Å². The van der Waals surface area contributed by atoms with E-state index in [0.29, 0.717) is 19.2 Å². The maximum Gasteiger partial charge on any atom is 0.245 e. The molecule has 208 valence electrons. The van der Waals surface area contributed by atoms with Gasteiger partial charge in [0.25, 0.3) is 0 Å². The van der Waals surface area contributed by atoms with Crippen molar-refractivity contribution in [2.75, 3.05) is 33.8 Å². The van der Waals surface area contributed by atoms with Crippen LogP contribution in [-0.4, -0.2) is 85.0 Å². The maximum atomic E-state index is 13.8. The number of ether oxygens (including phenoxy) is 1. The fourth-order valence-corrected chi connectivity index (χ4v) is 3.15. The Balaban J connectivity index is 0.000000649. The topological polar surface area (TPSA) is 176 Å². The number of rotatable bonds is 6. The van der Waals surface area contributed by atoms with Crippen LogP contribution in [0.5, 0.6) is 0 Å². The molecule has 37 heavy (non-hydrogen) atoms. The van der Waals surface area contributed by atoms with E-state index in [9.17, 15) is 22.8 Å². The number of halogens is 3. The summed E-state index contributed by atoms with van der Waals surface area (Å²) >= 11 is 0. The zero-order chi connectivity index (χ0) is 28.5. The first-order valence-electron chi connectivity index (χ1n) is 11.5. The number of carbonyl (C=O) groups excluding carboxylic acids is 2. The molecule has 1 aliphatic heterocycles. The number of nitrogens with one attached hydrogen (secondary N) is 2. The minimum absolute atomic E-state index is 0.0358. The largest absolute Gasteiger partial charge is 0.373 e. The van der Waals surface area contributed by atoms with Crippen LogP contribution < -0.4 is 22.5 Å². The summed E-state index contributed by atoms with van der Waals surface area (Å²) in [5.41, 5.74) is 15.3. The Labute approximate surface area is 214 Å². The van der Waals surface area contributed by atoms with Crippen molar-refractivity contribution in [3.05, 3.63) is 35.1 Å². The zero-order valence-electron chi connectivity index (χ0n) is 21.8. The summed E-state index contributed by atoms with van der Waals surface area (Å²) in [6.45, 7) is 6.16. The second-order valence-corrected chi connectivity index (χ2v) is 9.60. The number of aliphatic imine (C=N–C) groups is 1. The Kier molecular flexibility index (Phi) is 11.8. The summed E-state index contributed by atoms with van der Waals surface area (Å²) < 4.78 is 45.8. The van der Waals surface area contributed by atoms with Crippen LogP contribution in [0.3, 0.4) is 0 Å². The predicted molar refractivity (Wildman–Crippen MR) is 134 cm³/mol. The third-order valence-electron chi connectivity index (χ3n) is 4.99. The normalized spacial score (nSPS) is 16.2. The Bertz CT molecular complexity index is 994. The molecule has 0 unspecified atom stereocenters. The maximum absolute atomic E-state index is 13.8. The summed E-state index contributed by atoms with van der Waals surface area (Å²) in [6.07, 6.45) is -0.310. The van der Waals surface area contributed by atoms with Crippen molar-refractivity contribution in [1.82, 2.24) is 15.1 Å². The lowest BCUT2D eigenvalue weighted by atomic mass is 10.0. The van der Waals surface area contributed by atoms with Gasteiger partial charge >= 0.3 is 0 Å². The van der Waals surface area contributed by atoms with Crippen LogP contribution in [0, 0.1) is 22.9 Å². The van der Waals surface area contributed by atoms with E-state index in [2.05, 4.69) is 10.3 Å². The lowest BCUT2D eigenvalue weighted by Gasteiger charge is -2.36. The lowest BCUT2D eigenvalue weighted by Crippen LogP contribution is -2.60. The average Bonchev–Trinajstić information content (AvgIpc) is 2.75. The fraction of sp³-hybridized carbons (Fsp3) is 0.565. The first kappa shape index (κ1) is 31.6. The molecule has 1 fully saturated rings. The van der Waals surface area contributed by atoms with E-state index in [1.807, 2.05) is 20.8 Å². The molecule has 1 heterocycles. The molecule has 8 N–H and O–H groups in total. The highest BCUT2D eigenvalue weighted by Gasteiger charge is 2.34. The highest BCUT2D eigenvalue weighted by Crippen LogP contribution is 2.17. The Morgan fingerprint density at radius 1 is 1.24 bits per heavy atom. The van der Waals surface area contributed by atoms with Gasteiger partial charge in [0.1, 0.15) is 11.9 Å². The molecule has 2 amide bonds. The molecule has 0 aromatic heterocycles. The van der Waals surface area contributed by atoms with Crippen LogP contribution in [0.4, 0.5) is 13.2 Å². The molecule has 0 bridgehead atoms. The Hall–Kier alpha value is -3.39. The molecule has 11 nitrogen and oxygen atoms in total. The van der Waals surface area contributed by atoms with Crippen LogP contribution in [-0.2, 0) is 20.7 Å². The van der Waals surface area contributed by atoms with Crippen molar-refractivity contribution >= 4 is 23.7 Å². The van der Waals surface area contributed by atoms with Crippen molar-refractivity contribution in [1.29, 1.82) is 5.41 Å². The number of hydrogen-bond donors (Lipinski definition) is 5. The number of guanidine groups is 2. The van der Waals surface area contributed by atoms with Crippen LogP contribution >= 0.6 is 0 Å². The predicted octanol–water partition coefficient (Wildman–Crippen LogP) is 0.262. The van der Waals surface area contributed by atoms with E-state index in [1.54, 1.807) is 14.1 Å². The molecule has 14 heteroatoms. The van der Waals surface area contributed by atoms with E-state index < -0.39 is 35.1 Å². The van der Waals surface area contributed by atoms with Gasteiger partial charge in [0, 0.05) is 45.7 Å². The molecule has 2 atom stereocenters. The van der Waals surface area contributed by atoms with Gasteiger partial charge in [0.15, 0.2) is 17.6 Å². The van der Waals surface area contributed by atoms with E-state index in [-0.39, 0.29) is 48.7 Å². The molecule has 1 saturated heterocycles. The average molecular weight is 531 g/mol. The van der Waals surface area contributed by atoms with Gasteiger partial charge in [-0.2, -0.15) is 4.99 Å². The van der Waals surface area contributed by atoms with Gasteiger partial charge in [-0.3, -0.25) is 15.0 Å². The molecular weight excluding hydrogens is 493 g/mol. The molecule has 1 aromatic rings. The van der Waals surface area contributed by atoms with Crippen LogP contribution in [0.25, 0.3) is 0 Å². The van der Waals surface area contributed by atoms with E-state index in [4.69, 9.17) is 27.3 Å². The van der Waals surface area contributed by atoms with Gasteiger partial charge in [-0.05, 0) is 38.8 Å². The van der Waals surface area contributed by atoms with Crippen LogP contribution in [0.15, 0.2) is 17.1 Å². The van der Waals surface area contributed by atoms with Crippen molar-refractivity contribution in [2.45, 2.75) is 51.3 Å². The summed E-state index contributed by atoms with van der Waals surface area (Å²) in [4.78, 5) is 31.2. The molecule has 0 spiro atoms. The third-order valence-corrected chi connectivity index (χ3v) is 4.99. The molecule has 0 radical (unpaired) electrons. The summed E-state index contributed by atoms with van der Waals surface area (Å²) in [6, 6.07) is -0.411. The molecule has 0 aliphatic carbocycles. The number of hydrogen-bond acceptors (Lipinski definition) is 5. The number of benzene rings is 1. The van der Waals surface area contributed by atoms with Gasteiger partial charge in [-0.15, -0.1) is 0 Å². The summed E-state index contributed by atoms with van der Waals surface area (Å²) in [5, 5.41) is 9.75. The molecular formula is C23H37F3N8O3. The minimum atomic E-state index is -1.29. The summed E-state index contributed by atoms with van der Waals surface area (Å²) in [7, 11) is 3.38. The smallest absolute Gasteiger partial charge is 0.245 e. The molecule has 1 aliphatic rings. The van der Waals surface area contributed by atoms with Crippen molar-refractivity contribution in [3.8, 4) is 0 Å².